The number of hydrogen-bond donors (Lipinski definition) is 1. The smallest absolute Gasteiger partial charge is 0.495 e. The van der Waals surface area contributed by atoms with Crippen molar-refractivity contribution in [2.24, 2.45) is 5.41 Å². The number of rotatable bonds is 6. The first-order valence-corrected chi connectivity index (χ1v) is 11.8. The van der Waals surface area contributed by atoms with Crippen molar-refractivity contribution in [3.8, 4) is 27.6 Å². The number of methoxy groups -OCH3 is 1. The molecule has 0 unspecified atom stereocenters. The highest BCUT2D eigenvalue weighted by molar-refractivity contribution is 7.93. The molecule has 0 saturated heterocycles. The van der Waals surface area contributed by atoms with Crippen LogP contribution in [0.5, 0.6) is 5.75 Å². The van der Waals surface area contributed by atoms with E-state index < -0.39 is 15.5 Å². The summed E-state index contributed by atoms with van der Waals surface area (Å²) in [4.78, 5) is 9.04. The number of aromatic nitrogens is 2. The molecule has 3 rings (SSSR count). The minimum atomic E-state index is -5.56. The largest absolute Gasteiger partial charge is 0.516 e. The Bertz CT molecular complexity index is 1220. The molecule has 0 saturated carbocycles. The minimum absolute atomic E-state index is 0.0544. The highest BCUT2D eigenvalue weighted by Gasteiger charge is 2.46. The van der Waals surface area contributed by atoms with Crippen LogP contribution in [0.2, 0.25) is 0 Å². The van der Waals surface area contributed by atoms with Crippen molar-refractivity contribution in [2.45, 2.75) is 32.7 Å². The normalized spacial score (nSPS) is 12.6. The van der Waals surface area contributed by atoms with Gasteiger partial charge < -0.3 is 4.74 Å². The van der Waals surface area contributed by atoms with Gasteiger partial charge in [-0.3, -0.25) is 9.71 Å². The lowest BCUT2D eigenvalue weighted by Gasteiger charge is -2.17. The number of anilines is 1. The van der Waals surface area contributed by atoms with Crippen LogP contribution in [0.3, 0.4) is 0 Å². The molecule has 2 heterocycles. The summed E-state index contributed by atoms with van der Waals surface area (Å²) in [6, 6.07) is 7.98. The van der Waals surface area contributed by atoms with E-state index in [4.69, 9.17) is 4.74 Å². The standard InChI is InChI=1S/C21H22F3N3O3S2/c1-20(2,3)11-15-9-14(7-8-25-15)19-26-17(12-31-19)13-5-6-16(18(10-13)30-4)27-32(28,29)21(22,23)24/h5-10,12,27H,11H2,1-4H3. The van der Waals surface area contributed by atoms with Crippen LogP contribution in [0.25, 0.3) is 21.8 Å². The number of thiazole rings is 1. The number of nitrogens with one attached hydrogen (secondary N) is 1. The quantitative estimate of drug-likeness (QED) is 0.482. The molecule has 2 aromatic heterocycles. The van der Waals surface area contributed by atoms with E-state index in [0.717, 1.165) is 22.7 Å². The summed E-state index contributed by atoms with van der Waals surface area (Å²) in [7, 11) is -4.32. The average Bonchev–Trinajstić information content (AvgIpc) is 3.16. The molecule has 0 aliphatic rings. The number of sulfonamides is 1. The fourth-order valence-corrected chi connectivity index (χ4v) is 4.33. The topological polar surface area (TPSA) is 81.2 Å². The summed E-state index contributed by atoms with van der Waals surface area (Å²) >= 11 is 1.42. The van der Waals surface area contributed by atoms with E-state index in [2.05, 4.69) is 30.7 Å². The SMILES string of the molecule is COc1cc(-c2csc(-c3ccnc(CC(C)(C)C)c3)n2)ccc1NS(=O)(=O)C(F)(F)F. The summed E-state index contributed by atoms with van der Waals surface area (Å²) in [5, 5.41) is 2.58. The van der Waals surface area contributed by atoms with Gasteiger partial charge >= 0.3 is 15.5 Å². The highest BCUT2D eigenvalue weighted by Crippen LogP contribution is 2.36. The zero-order chi connectivity index (χ0) is 23.7. The second-order valence-electron chi connectivity index (χ2n) is 8.28. The molecule has 0 amide bonds. The Labute approximate surface area is 188 Å². The Hall–Kier alpha value is -2.66. The van der Waals surface area contributed by atoms with Crippen molar-refractivity contribution in [3.05, 3.63) is 47.6 Å². The summed E-state index contributed by atoms with van der Waals surface area (Å²) in [6.45, 7) is 6.40. The first-order chi connectivity index (χ1) is 14.8. The van der Waals surface area contributed by atoms with Gasteiger partial charge in [-0.25, -0.2) is 4.98 Å². The lowest BCUT2D eigenvalue weighted by atomic mass is 9.90. The molecular weight excluding hydrogens is 463 g/mol. The molecule has 1 N–H and O–H groups in total. The molecule has 11 heteroatoms. The van der Waals surface area contributed by atoms with Gasteiger partial charge in [0.2, 0.25) is 0 Å². The molecule has 0 atom stereocenters. The van der Waals surface area contributed by atoms with E-state index in [1.54, 1.807) is 6.20 Å². The highest BCUT2D eigenvalue weighted by atomic mass is 32.2. The van der Waals surface area contributed by atoms with Crippen LogP contribution in [-0.2, 0) is 16.4 Å². The molecule has 3 aromatic rings. The maximum Gasteiger partial charge on any atom is 0.516 e. The second-order valence-corrected chi connectivity index (χ2v) is 10.8. The molecule has 6 nitrogen and oxygen atoms in total. The Morgan fingerprint density at radius 1 is 1.09 bits per heavy atom. The summed E-state index contributed by atoms with van der Waals surface area (Å²) in [5.74, 6) is -0.0544. The number of hydrogen-bond acceptors (Lipinski definition) is 6. The zero-order valence-corrected chi connectivity index (χ0v) is 19.5. The van der Waals surface area contributed by atoms with E-state index in [1.807, 2.05) is 17.5 Å². The Morgan fingerprint density at radius 3 is 2.44 bits per heavy atom. The van der Waals surface area contributed by atoms with E-state index in [1.165, 1.54) is 41.4 Å². The lowest BCUT2D eigenvalue weighted by molar-refractivity contribution is -0.0429. The molecule has 0 bridgehead atoms. The molecule has 172 valence electrons. The van der Waals surface area contributed by atoms with Crippen molar-refractivity contribution in [1.82, 2.24) is 9.97 Å². The number of nitrogens with zero attached hydrogens (tertiary/aromatic N) is 2. The molecule has 0 aliphatic carbocycles. The van der Waals surface area contributed by atoms with Crippen LogP contribution >= 0.6 is 11.3 Å². The summed E-state index contributed by atoms with van der Waals surface area (Å²) in [5.41, 5.74) is -2.63. The third kappa shape index (κ3) is 5.57. The lowest BCUT2D eigenvalue weighted by Crippen LogP contribution is -2.30. The number of alkyl halides is 3. The second kappa shape index (κ2) is 8.70. The predicted octanol–water partition coefficient (Wildman–Crippen LogP) is 5.73. The van der Waals surface area contributed by atoms with Gasteiger partial charge in [0.25, 0.3) is 0 Å². The molecule has 32 heavy (non-hydrogen) atoms. The van der Waals surface area contributed by atoms with Gasteiger partial charge in [0.1, 0.15) is 10.8 Å². The molecule has 0 radical (unpaired) electrons. The van der Waals surface area contributed by atoms with Crippen molar-refractivity contribution in [1.29, 1.82) is 0 Å². The summed E-state index contributed by atoms with van der Waals surface area (Å²) in [6.07, 6.45) is 2.55. The molecule has 0 spiro atoms. The van der Waals surface area contributed by atoms with Crippen LogP contribution in [-0.4, -0.2) is 31.0 Å². The zero-order valence-electron chi connectivity index (χ0n) is 17.8. The summed E-state index contributed by atoms with van der Waals surface area (Å²) < 4.78 is 67.5. The number of benzene rings is 1. The fourth-order valence-electron chi connectivity index (χ4n) is 2.93. The van der Waals surface area contributed by atoms with E-state index >= 15 is 0 Å². The van der Waals surface area contributed by atoms with Crippen molar-refractivity contribution in [2.75, 3.05) is 11.8 Å². The van der Waals surface area contributed by atoms with E-state index in [9.17, 15) is 21.6 Å². The van der Waals surface area contributed by atoms with Gasteiger partial charge in [0, 0.05) is 28.4 Å². The van der Waals surface area contributed by atoms with Crippen LogP contribution < -0.4 is 9.46 Å². The van der Waals surface area contributed by atoms with Crippen molar-refractivity contribution >= 4 is 27.0 Å². The number of halogens is 3. The van der Waals surface area contributed by atoms with Crippen LogP contribution in [0.1, 0.15) is 26.5 Å². The third-order valence-electron chi connectivity index (χ3n) is 4.33. The third-order valence-corrected chi connectivity index (χ3v) is 6.31. The van der Waals surface area contributed by atoms with Crippen LogP contribution in [0.4, 0.5) is 18.9 Å². The maximum atomic E-state index is 12.7. The van der Waals surface area contributed by atoms with Gasteiger partial charge in [-0.05, 0) is 36.1 Å². The Kier molecular flexibility index (Phi) is 6.52. The van der Waals surface area contributed by atoms with Gasteiger partial charge in [0.05, 0.1) is 18.5 Å². The average molecular weight is 486 g/mol. The van der Waals surface area contributed by atoms with Crippen molar-refractivity contribution in [3.63, 3.8) is 0 Å². The molecule has 1 aromatic carbocycles. The first kappa shape index (κ1) is 24.0. The van der Waals surface area contributed by atoms with Gasteiger partial charge in [-0.1, -0.05) is 26.8 Å². The number of ether oxygens (including phenoxy) is 1. The first-order valence-electron chi connectivity index (χ1n) is 9.47. The maximum absolute atomic E-state index is 12.7. The predicted molar refractivity (Wildman–Crippen MR) is 119 cm³/mol. The monoisotopic (exact) mass is 485 g/mol. The van der Waals surface area contributed by atoms with E-state index in [0.29, 0.717) is 11.3 Å². The number of pyridine rings is 1. The molecule has 0 aliphatic heterocycles. The van der Waals surface area contributed by atoms with Crippen molar-refractivity contribution < 1.29 is 26.3 Å². The van der Waals surface area contributed by atoms with E-state index in [-0.39, 0.29) is 16.9 Å². The van der Waals surface area contributed by atoms with Gasteiger partial charge in [0.15, 0.2) is 0 Å². The van der Waals surface area contributed by atoms with Gasteiger partial charge in [-0.2, -0.15) is 21.6 Å². The Balaban J connectivity index is 1.89. The van der Waals surface area contributed by atoms with Crippen LogP contribution in [0, 0.1) is 5.41 Å². The van der Waals surface area contributed by atoms with Gasteiger partial charge in [-0.15, -0.1) is 11.3 Å². The molecule has 0 fully saturated rings. The minimum Gasteiger partial charge on any atom is -0.495 e. The van der Waals surface area contributed by atoms with Crippen LogP contribution in [0.15, 0.2) is 41.9 Å². The Morgan fingerprint density at radius 2 is 1.81 bits per heavy atom. The fraction of sp³-hybridized carbons (Fsp3) is 0.333. The molecular formula is C21H22F3N3O3S2.